The quantitative estimate of drug-likeness (QED) is 0.396. The zero-order chi connectivity index (χ0) is 21.5. The number of rotatable bonds is 7. The first-order valence-electron chi connectivity index (χ1n) is 10.6. The Morgan fingerprint density at radius 1 is 1.33 bits per heavy atom. The van der Waals surface area contributed by atoms with E-state index in [1.165, 1.54) is 0 Å². The Morgan fingerprint density at radius 2 is 2.13 bits per heavy atom. The van der Waals surface area contributed by atoms with Gasteiger partial charge >= 0.3 is 0 Å². The third-order valence-corrected chi connectivity index (χ3v) is 8.95. The maximum atomic E-state index is 11.6. The Balaban J connectivity index is 1.49. The summed E-state index contributed by atoms with van der Waals surface area (Å²) in [4.78, 5) is 11.5. The van der Waals surface area contributed by atoms with Gasteiger partial charge in [0.25, 0.3) is 0 Å². The van der Waals surface area contributed by atoms with Crippen LogP contribution in [0.2, 0.25) is 25.7 Å². The SMILES string of the molecule is C[C@@]12CN(c3ncnc4c3ccn4COCC[Si](C)(C)C)CC[C@@H]1CN(S(=O)O)C2. The Morgan fingerprint density at radius 3 is 2.87 bits per heavy atom. The number of ether oxygens (including phenoxy) is 1. The van der Waals surface area contributed by atoms with Crippen molar-refractivity contribution in [3.63, 3.8) is 0 Å². The molecule has 3 atom stereocenters. The molecule has 2 aromatic rings. The number of anilines is 1. The van der Waals surface area contributed by atoms with Gasteiger partial charge in [-0.05, 0) is 24.4 Å². The smallest absolute Gasteiger partial charge is 0.234 e. The molecule has 166 valence electrons. The first-order chi connectivity index (χ1) is 14.2. The van der Waals surface area contributed by atoms with Gasteiger partial charge in [-0.3, -0.25) is 4.55 Å². The van der Waals surface area contributed by atoms with Crippen LogP contribution in [-0.2, 0) is 22.7 Å². The van der Waals surface area contributed by atoms with Gasteiger partial charge in [-0.15, -0.1) is 0 Å². The molecule has 2 aromatic heterocycles. The molecule has 0 radical (unpaired) electrons. The molecule has 4 heterocycles. The highest BCUT2D eigenvalue weighted by Gasteiger charge is 2.48. The predicted molar refractivity (Wildman–Crippen MR) is 122 cm³/mol. The molecule has 0 saturated carbocycles. The molecule has 4 rings (SSSR count). The fourth-order valence-electron chi connectivity index (χ4n) is 4.70. The molecular weight excluding hydrogens is 418 g/mol. The Kier molecular flexibility index (Phi) is 6.06. The third-order valence-electron chi connectivity index (χ3n) is 6.53. The van der Waals surface area contributed by atoms with E-state index in [1.54, 1.807) is 10.6 Å². The molecule has 2 aliphatic rings. The van der Waals surface area contributed by atoms with Crippen LogP contribution in [0.5, 0.6) is 0 Å². The lowest BCUT2D eigenvalue weighted by molar-refractivity contribution is 0.0899. The molecule has 2 saturated heterocycles. The summed E-state index contributed by atoms with van der Waals surface area (Å²) < 4.78 is 30.7. The van der Waals surface area contributed by atoms with E-state index in [4.69, 9.17) is 4.74 Å². The summed E-state index contributed by atoms with van der Waals surface area (Å²) in [7, 11) is -1.10. The first-order valence-corrected chi connectivity index (χ1v) is 15.4. The number of fused-ring (bicyclic) bond motifs is 2. The van der Waals surface area contributed by atoms with E-state index in [1.807, 2.05) is 10.8 Å². The van der Waals surface area contributed by atoms with E-state index in [0.29, 0.717) is 25.7 Å². The second kappa shape index (κ2) is 8.31. The Labute approximate surface area is 182 Å². The minimum absolute atomic E-state index is 0.0174. The van der Waals surface area contributed by atoms with E-state index in [9.17, 15) is 8.76 Å². The molecule has 0 bridgehead atoms. The van der Waals surface area contributed by atoms with E-state index in [-0.39, 0.29) is 5.41 Å². The summed E-state index contributed by atoms with van der Waals surface area (Å²) in [5, 5.41) is 1.04. The average molecular weight is 452 g/mol. The van der Waals surface area contributed by atoms with Crippen LogP contribution in [-0.4, -0.2) is 68.5 Å². The minimum Gasteiger partial charge on any atom is -0.361 e. The number of aromatic nitrogens is 3. The monoisotopic (exact) mass is 451 g/mol. The zero-order valence-electron chi connectivity index (χ0n) is 18.4. The molecule has 0 spiro atoms. The van der Waals surface area contributed by atoms with Gasteiger partial charge in [-0.2, -0.15) is 0 Å². The van der Waals surface area contributed by atoms with Crippen molar-refractivity contribution >= 4 is 36.2 Å². The topological polar surface area (TPSA) is 83.7 Å². The van der Waals surface area contributed by atoms with Crippen molar-refractivity contribution in [2.75, 3.05) is 37.7 Å². The van der Waals surface area contributed by atoms with Gasteiger partial charge in [-0.1, -0.05) is 26.6 Å². The average Bonchev–Trinajstić information content (AvgIpc) is 3.24. The summed E-state index contributed by atoms with van der Waals surface area (Å²) in [5.41, 5.74) is 0.876. The fourth-order valence-corrected chi connectivity index (χ4v) is 6.17. The summed E-state index contributed by atoms with van der Waals surface area (Å²) in [6.07, 6.45) is 4.66. The standard InChI is InChI=1S/C20H33N5O3SSi/c1-20-12-23(7-5-16(20)11-25(13-20)29(26)27)18-17-6-8-24(19(17)22-14-21-18)15-28-9-10-30(2,3)4/h6,8,14,16H,5,7,9-13,15H2,1-4H3,(H,26,27)/t16-,20+/m1/s1. The highest BCUT2D eigenvalue weighted by atomic mass is 32.2. The third kappa shape index (κ3) is 4.47. The molecule has 0 aromatic carbocycles. The van der Waals surface area contributed by atoms with Gasteiger partial charge in [0, 0.05) is 52.5 Å². The maximum Gasteiger partial charge on any atom is 0.234 e. The summed E-state index contributed by atoms with van der Waals surface area (Å²) >= 11 is -1.89. The van der Waals surface area contributed by atoms with Gasteiger partial charge in [-0.25, -0.2) is 18.5 Å². The number of piperidine rings is 1. The van der Waals surface area contributed by atoms with E-state index < -0.39 is 19.3 Å². The van der Waals surface area contributed by atoms with Crippen molar-refractivity contribution in [1.29, 1.82) is 0 Å². The van der Waals surface area contributed by atoms with Crippen LogP contribution in [0.4, 0.5) is 5.82 Å². The van der Waals surface area contributed by atoms with Crippen LogP contribution >= 0.6 is 0 Å². The second-order valence-electron chi connectivity index (χ2n) is 10.2. The van der Waals surface area contributed by atoms with Crippen molar-refractivity contribution in [1.82, 2.24) is 18.8 Å². The Bertz CT molecular complexity index is 933. The normalized spacial score (nSPS) is 26.3. The van der Waals surface area contributed by atoms with Crippen molar-refractivity contribution in [2.45, 2.75) is 45.8 Å². The molecule has 1 N–H and O–H groups in total. The van der Waals surface area contributed by atoms with Crippen LogP contribution in [0.15, 0.2) is 18.6 Å². The van der Waals surface area contributed by atoms with Gasteiger partial charge in [0.15, 0.2) is 0 Å². The molecule has 0 amide bonds. The molecule has 0 aliphatic carbocycles. The van der Waals surface area contributed by atoms with Crippen LogP contribution < -0.4 is 4.90 Å². The lowest BCUT2D eigenvalue weighted by Gasteiger charge is -2.42. The van der Waals surface area contributed by atoms with E-state index in [0.717, 1.165) is 49.0 Å². The molecule has 30 heavy (non-hydrogen) atoms. The lowest BCUT2D eigenvalue weighted by atomic mass is 9.75. The van der Waals surface area contributed by atoms with E-state index >= 15 is 0 Å². The lowest BCUT2D eigenvalue weighted by Crippen LogP contribution is -2.47. The van der Waals surface area contributed by atoms with Gasteiger partial charge in [0.05, 0.1) is 5.39 Å². The van der Waals surface area contributed by atoms with Crippen LogP contribution in [0.3, 0.4) is 0 Å². The van der Waals surface area contributed by atoms with Crippen molar-refractivity contribution in [3.05, 3.63) is 18.6 Å². The Hall–Kier alpha value is -1.33. The highest BCUT2D eigenvalue weighted by Crippen LogP contribution is 2.43. The van der Waals surface area contributed by atoms with Crippen molar-refractivity contribution < 1.29 is 13.5 Å². The van der Waals surface area contributed by atoms with Crippen molar-refractivity contribution in [2.24, 2.45) is 11.3 Å². The largest absolute Gasteiger partial charge is 0.361 e. The maximum absolute atomic E-state index is 11.6. The van der Waals surface area contributed by atoms with E-state index in [2.05, 4.69) is 47.5 Å². The fraction of sp³-hybridized carbons (Fsp3) is 0.700. The van der Waals surface area contributed by atoms with Crippen molar-refractivity contribution in [3.8, 4) is 0 Å². The van der Waals surface area contributed by atoms with Gasteiger partial charge in [0.1, 0.15) is 24.5 Å². The second-order valence-corrected chi connectivity index (χ2v) is 16.8. The number of nitrogens with zero attached hydrogens (tertiary/aromatic N) is 5. The van der Waals surface area contributed by atoms with Crippen LogP contribution in [0.1, 0.15) is 13.3 Å². The first kappa shape index (κ1) is 21.9. The molecule has 2 fully saturated rings. The number of hydrogen-bond donors (Lipinski definition) is 1. The van der Waals surface area contributed by atoms with Crippen LogP contribution in [0, 0.1) is 11.3 Å². The number of hydrogen-bond acceptors (Lipinski definition) is 5. The summed E-state index contributed by atoms with van der Waals surface area (Å²) in [5.74, 6) is 1.38. The molecule has 1 unspecified atom stereocenters. The highest BCUT2D eigenvalue weighted by molar-refractivity contribution is 7.76. The molecular formula is C20H33N5O3SSi. The summed E-state index contributed by atoms with van der Waals surface area (Å²) in [6.45, 7) is 13.6. The molecule has 2 aliphatic heterocycles. The van der Waals surface area contributed by atoms with Crippen LogP contribution in [0.25, 0.3) is 11.0 Å². The molecule has 8 nitrogen and oxygen atoms in total. The van der Waals surface area contributed by atoms with Gasteiger partial charge < -0.3 is 14.2 Å². The zero-order valence-corrected chi connectivity index (χ0v) is 20.2. The predicted octanol–water partition coefficient (Wildman–Crippen LogP) is 3.03. The minimum atomic E-state index is -1.89. The van der Waals surface area contributed by atoms with Gasteiger partial charge in [0.2, 0.25) is 11.3 Å². The molecule has 10 heteroatoms. The summed E-state index contributed by atoms with van der Waals surface area (Å²) in [6, 6.07) is 3.22.